The van der Waals surface area contributed by atoms with E-state index in [0.717, 1.165) is 18.9 Å². The van der Waals surface area contributed by atoms with E-state index in [1.165, 1.54) is 36.6 Å². The molecule has 5 atom stereocenters. The molecule has 12 nitrogen and oxygen atoms in total. The number of nitrogens with two attached hydrogens (primary N) is 1. The van der Waals surface area contributed by atoms with E-state index in [1.807, 2.05) is 0 Å². The highest BCUT2D eigenvalue weighted by molar-refractivity contribution is 5.88. The number of aliphatic hydroxyl groups excluding tert-OH is 3. The summed E-state index contributed by atoms with van der Waals surface area (Å²) in [4.78, 5) is 24.9. The van der Waals surface area contributed by atoms with Crippen LogP contribution in [0.5, 0.6) is 17.2 Å². The molecule has 1 fully saturated rings. The molecule has 2 aromatic carbocycles. The number of unbranched alkanes of at least 4 members (excludes halogenated alkanes) is 2. The van der Waals surface area contributed by atoms with E-state index >= 15 is 0 Å². The number of hydrogen-bond acceptors (Lipinski definition) is 12. The summed E-state index contributed by atoms with van der Waals surface area (Å²) >= 11 is 0. The third-order valence-corrected chi connectivity index (χ3v) is 6.42. The SMILES string of the molecule is NCCCCCC(=O)OC[C@@H]1O[C@H](Oc2ccc(-c3coc4cc(O)cc(O)c4c3=O)cc2)[C@@H](O)[C@H](O)[C@H]1O. The van der Waals surface area contributed by atoms with Crippen molar-refractivity contribution in [2.24, 2.45) is 5.73 Å². The number of phenols is 2. The summed E-state index contributed by atoms with van der Waals surface area (Å²) < 4.78 is 21.8. The number of aromatic hydroxyl groups is 2. The van der Waals surface area contributed by atoms with Gasteiger partial charge in [-0.15, -0.1) is 0 Å². The lowest BCUT2D eigenvalue weighted by Gasteiger charge is -2.39. The molecule has 1 saturated heterocycles. The smallest absolute Gasteiger partial charge is 0.305 e. The van der Waals surface area contributed by atoms with Crippen LogP contribution in [0.15, 0.2) is 51.9 Å². The van der Waals surface area contributed by atoms with E-state index in [4.69, 9.17) is 24.4 Å². The van der Waals surface area contributed by atoms with Crippen LogP contribution in [0.1, 0.15) is 25.7 Å². The fraction of sp³-hybridized carbons (Fsp3) is 0.407. The number of aliphatic hydroxyl groups is 3. The van der Waals surface area contributed by atoms with E-state index in [-0.39, 0.29) is 41.1 Å². The van der Waals surface area contributed by atoms with E-state index in [9.17, 15) is 35.1 Å². The first kappa shape index (κ1) is 28.3. The minimum absolute atomic E-state index is 0.0252. The lowest BCUT2D eigenvalue weighted by molar-refractivity contribution is -0.278. The molecule has 0 radical (unpaired) electrons. The molecule has 3 aromatic rings. The molecule has 2 heterocycles. The average molecular weight is 546 g/mol. The van der Waals surface area contributed by atoms with Crippen molar-refractivity contribution in [3.8, 4) is 28.4 Å². The molecule has 1 aliphatic rings. The minimum Gasteiger partial charge on any atom is -0.508 e. The van der Waals surface area contributed by atoms with Crippen LogP contribution in [0.3, 0.4) is 0 Å². The molecule has 0 spiro atoms. The maximum atomic E-state index is 12.9. The first-order valence-corrected chi connectivity index (χ1v) is 12.5. The minimum atomic E-state index is -1.62. The van der Waals surface area contributed by atoms with Gasteiger partial charge in [-0.1, -0.05) is 18.6 Å². The van der Waals surface area contributed by atoms with Crippen molar-refractivity contribution >= 4 is 16.9 Å². The zero-order valence-electron chi connectivity index (χ0n) is 20.9. The normalized spacial score (nSPS) is 23.0. The lowest BCUT2D eigenvalue weighted by Crippen LogP contribution is -2.60. The second-order valence-electron chi connectivity index (χ2n) is 9.26. The van der Waals surface area contributed by atoms with E-state index in [2.05, 4.69) is 0 Å². The van der Waals surface area contributed by atoms with Crippen molar-refractivity contribution in [3.05, 3.63) is 52.9 Å². The molecule has 1 aromatic heterocycles. The Balaban J connectivity index is 1.42. The molecule has 39 heavy (non-hydrogen) atoms. The van der Waals surface area contributed by atoms with Crippen molar-refractivity contribution in [2.75, 3.05) is 13.2 Å². The van der Waals surface area contributed by atoms with Gasteiger partial charge in [-0.05, 0) is 37.1 Å². The number of rotatable bonds is 10. The molecule has 0 bridgehead atoms. The molecule has 0 saturated carbocycles. The number of fused-ring (bicyclic) bond motifs is 1. The van der Waals surface area contributed by atoms with Crippen LogP contribution in [0.4, 0.5) is 0 Å². The summed E-state index contributed by atoms with van der Waals surface area (Å²) in [6.07, 6.45) is -3.70. The Hall–Kier alpha value is -3.68. The van der Waals surface area contributed by atoms with Crippen LogP contribution < -0.4 is 15.9 Å². The third kappa shape index (κ3) is 6.49. The number of carbonyl (C=O) groups is 1. The zero-order chi connectivity index (χ0) is 28.1. The Morgan fingerprint density at radius 3 is 2.44 bits per heavy atom. The molecular formula is C27H31NO11. The molecule has 0 aliphatic carbocycles. The Bertz CT molecular complexity index is 1340. The molecule has 1 aliphatic heterocycles. The van der Waals surface area contributed by atoms with Crippen molar-refractivity contribution < 1.29 is 49.0 Å². The van der Waals surface area contributed by atoms with Crippen LogP contribution in [0.2, 0.25) is 0 Å². The summed E-state index contributed by atoms with van der Waals surface area (Å²) in [6.45, 7) is 0.193. The second-order valence-corrected chi connectivity index (χ2v) is 9.26. The molecule has 7 N–H and O–H groups in total. The van der Waals surface area contributed by atoms with E-state index in [0.29, 0.717) is 18.5 Å². The first-order valence-electron chi connectivity index (χ1n) is 12.5. The van der Waals surface area contributed by atoms with Gasteiger partial charge in [0.15, 0.2) is 0 Å². The number of esters is 1. The Kier molecular flexibility index (Phi) is 9.04. The highest BCUT2D eigenvalue weighted by atomic mass is 16.7. The molecule has 0 amide bonds. The summed E-state index contributed by atoms with van der Waals surface area (Å²) in [6, 6.07) is 8.30. The van der Waals surface area contributed by atoms with Crippen LogP contribution >= 0.6 is 0 Å². The first-order chi connectivity index (χ1) is 18.7. The van der Waals surface area contributed by atoms with Gasteiger partial charge >= 0.3 is 5.97 Å². The van der Waals surface area contributed by atoms with Gasteiger partial charge in [0.25, 0.3) is 0 Å². The van der Waals surface area contributed by atoms with Crippen molar-refractivity contribution in [1.29, 1.82) is 0 Å². The number of benzene rings is 2. The van der Waals surface area contributed by atoms with Gasteiger partial charge in [0.1, 0.15) is 65.5 Å². The number of phenolic OH excluding ortho intramolecular Hbond substituents is 2. The topological polar surface area (TPSA) is 202 Å². The van der Waals surface area contributed by atoms with Crippen molar-refractivity contribution in [1.82, 2.24) is 0 Å². The average Bonchev–Trinajstić information content (AvgIpc) is 2.91. The fourth-order valence-electron chi connectivity index (χ4n) is 4.25. The van der Waals surface area contributed by atoms with Crippen LogP contribution in [-0.2, 0) is 14.3 Å². The monoisotopic (exact) mass is 545 g/mol. The fourth-order valence-corrected chi connectivity index (χ4v) is 4.25. The maximum Gasteiger partial charge on any atom is 0.305 e. The Morgan fingerprint density at radius 2 is 1.72 bits per heavy atom. The van der Waals surface area contributed by atoms with Crippen LogP contribution in [-0.4, -0.2) is 75.4 Å². The molecule has 4 rings (SSSR count). The summed E-state index contributed by atoms with van der Waals surface area (Å²) in [5.41, 5.74) is 5.52. The molecule has 12 heteroatoms. The summed E-state index contributed by atoms with van der Waals surface area (Å²) in [5, 5.41) is 50.6. The van der Waals surface area contributed by atoms with Gasteiger partial charge in [0.05, 0.1) is 5.56 Å². The zero-order valence-corrected chi connectivity index (χ0v) is 20.9. The van der Waals surface area contributed by atoms with Gasteiger partial charge in [-0.2, -0.15) is 0 Å². The number of carbonyl (C=O) groups excluding carboxylic acids is 1. The van der Waals surface area contributed by atoms with Crippen LogP contribution in [0, 0.1) is 0 Å². The van der Waals surface area contributed by atoms with Crippen molar-refractivity contribution in [3.63, 3.8) is 0 Å². The maximum absolute atomic E-state index is 12.9. The molecule has 0 unspecified atom stereocenters. The van der Waals surface area contributed by atoms with Gasteiger partial charge in [-0.25, -0.2) is 0 Å². The second kappa shape index (κ2) is 12.5. The summed E-state index contributed by atoms with van der Waals surface area (Å²) in [5.74, 6) is -0.947. The standard InChI is InChI=1S/C27H31NO11/c28-9-3-1-2-4-21(31)37-13-20-24(33)25(34)26(35)27(39-20)38-16-7-5-14(6-8-16)17-12-36-19-11-15(29)10-18(30)22(19)23(17)32/h5-8,10-12,20,24-27,29-30,33-35H,1-4,9,13,28H2/t20-,24-,25+,26-,27-/m0/s1. The van der Waals surface area contributed by atoms with Gasteiger partial charge < -0.3 is 49.9 Å². The van der Waals surface area contributed by atoms with Gasteiger partial charge in [0, 0.05) is 18.6 Å². The quantitative estimate of drug-likeness (QED) is 0.157. The molecule has 210 valence electrons. The van der Waals surface area contributed by atoms with E-state index in [1.54, 1.807) is 0 Å². The van der Waals surface area contributed by atoms with Crippen LogP contribution in [0.25, 0.3) is 22.1 Å². The largest absolute Gasteiger partial charge is 0.508 e. The lowest BCUT2D eigenvalue weighted by atomic mass is 9.99. The highest BCUT2D eigenvalue weighted by Crippen LogP contribution is 2.31. The Morgan fingerprint density at radius 1 is 0.974 bits per heavy atom. The third-order valence-electron chi connectivity index (χ3n) is 6.42. The number of ether oxygens (including phenoxy) is 3. The van der Waals surface area contributed by atoms with Crippen molar-refractivity contribution in [2.45, 2.75) is 56.4 Å². The summed E-state index contributed by atoms with van der Waals surface area (Å²) in [7, 11) is 0. The highest BCUT2D eigenvalue weighted by Gasteiger charge is 2.45. The van der Waals surface area contributed by atoms with E-state index < -0.39 is 47.9 Å². The predicted octanol–water partition coefficient (Wildman–Crippen LogP) is 1.12. The van der Waals surface area contributed by atoms with Gasteiger partial charge in [0.2, 0.25) is 11.7 Å². The molecular weight excluding hydrogens is 514 g/mol. The predicted molar refractivity (Wildman–Crippen MR) is 137 cm³/mol. The Labute approximate surface area is 222 Å². The number of hydrogen-bond donors (Lipinski definition) is 6. The van der Waals surface area contributed by atoms with Gasteiger partial charge in [-0.3, -0.25) is 9.59 Å².